The lowest BCUT2D eigenvalue weighted by atomic mass is 11.8. The van der Waals surface area contributed by atoms with Crippen molar-refractivity contribution in [1.29, 1.82) is 0 Å². The second-order valence-corrected chi connectivity index (χ2v) is 101. The van der Waals surface area contributed by atoms with E-state index >= 15 is 0 Å². The van der Waals surface area contributed by atoms with Gasteiger partial charge in [0.15, 0.2) is 16.6 Å². The molecule has 0 heterocycles. The van der Waals surface area contributed by atoms with Crippen LogP contribution in [-0.2, 0) is 128 Å². The van der Waals surface area contributed by atoms with E-state index in [1.165, 1.54) is 0 Å². The summed E-state index contributed by atoms with van der Waals surface area (Å²) in [4.78, 5) is 0. The highest BCUT2D eigenvalue weighted by atomic mass is 28.5. The molecule has 0 fully saturated rings. The van der Waals surface area contributed by atoms with Crippen molar-refractivity contribution < 1.29 is 128 Å². The molecule has 0 N–H and O–H groups in total. The minimum absolute atomic E-state index is 1.64. The second-order valence-electron chi connectivity index (χ2n) is 25.4. The van der Waals surface area contributed by atoms with Gasteiger partial charge in [-0.25, -0.2) is 0 Å². The third kappa shape index (κ3) is 61.8. The molecule has 0 aromatic rings. The van der Waals surface area contributed by atoms with Crippen LogP contribution < -0.4 is 0 Å². The summed E-state index contributed by atoms with van der Waals surface area (Å²) >= 11 is 0. The second kappa shape index (κ2) is 56.9. The van der Waals surface area contributed by atoms with Gasteiger partial charge in [0.25, 0.3) is 279 Å². The molecular formula is C36H138O31Si32. The van der Waals surface area contributed by atoms with Gasteiger partial charge in [0, 0.05) is 0 Å². The van der Waals surface area contributed by atoms with E-state index in [0.29, 0.717) is 0 Å². The molecule has 0 aliphatic carbocycles. The molecular weight excluding hydrogens is 1830 g/mol. The maximum Gasteiger partial charge on any atom is 0.300 e. The zero-order valence-corrected chi connectivity index (χ0v) is 104. The van der Waals surface area contributed by atoms with Crippen LogP contribution in [0.2, 0.25) is 236 Å². The highest BCUT2D eigenvalue weighted by Gasteiger charge is 2.33. The molecule has 0 aromatic heterocycles. The molecule has 0 bridgehead atoms. The van der Waals surface area contributed by atoms with Crippen LogP contribution >= 0.6 is 0 Å². The number of rotatable bonds is 62. The summed E-state index contributed by atoms with van der Waals surface area (Å²) in [7, 11) is -62.5. The zero-order chi connectivity index (χ0) is 76.2. The molecule has 0 radical (unpaired) electrons. The topological polar surface area (TPSA) is 286 Å². The van der Waals surface area contributed by atoms with E-state index in [1.54, 1.807) is 0 Å². The predicted octanol–water partition coefficient (Wildman–Crippen LogP) is -1.32. The first-order chi connectivity index (χ1) is 45.5. The molecule has 0 rings (SSSR count). The van der Waals surface area contributed by atoms with Gasteiger partial charge in [-0.15, -0.1) is 0 Å². The minimum atomic E-state index is -2.04. The van der Waals surface area contributed by atoms with Crippen LogP contribution in [-0.4, -0.2) is 295 Å². The summed E-state index contributed by atoms with van der Waals surface area (Å²) in [6, 6.07) is 0. The zero-order valence-electron chi connectivity index (χ0n) is 67.0. The average molecular weight is 1970 g/mol. The highest BCUT2D eigenvalue weighted by molar-refractivity contribution is 6.80. The first kappa shape index (κ1) is 105. The van der Waals surface area contributed by atoms with Crippen molar-refractivity contribution >= 4 is 295 Å². The van der Waals surface area contributed by atoms with Crippen molar-refractivity contribution in [1.82, 2.24) is 0 Å². The Morgan fingerprint density at radius 2 is 0.152 bits per heavy atom. The molecule has 596 valence electrons. The molecule has 0 saturated carbocycles. The maximum absolute atomic E-state index is 6.32. The van der Waals surface area contributed by atoms with Crippen molar-refractivity contribution in [3.63, 3.8) is 0 Å². The quantitative estimate of drug-likeness (QED) is 0.0638. The largest absolute Gasteiger partial charge is 0.439 e. The Morgan fingerprint density at radius 1 is 0.101 bits per heavy atom. The lowest BCUT2D eigenvalue weighted by molar-refractivity contribution is 0.299. The lowest BCUT2D eigenvalue weighted by Gasteiger charge is -2.28. The third-order valence-electron chi connectivity index (χ3n) is 12.2. The van der Waals surface area contributed by atoms with E-state index in [4.69, 9.17) is 128 Å². The fourth-order valence-corrected chi connectivity index (χ4v) is 105. The van der Waals surface area contributed by atoms with Crippen LogP contribution in [0, 0.1) is 0 Å². The van der Waals surface area contributed by atoms with Gasteiger partial charge < -0.3 is 128 Å². The standard InChI is InChI=1S/C36H138O31Si32/c1-68(38-70(3)40-72(5)42-74(7)44-76(9)46-78(11)48-80(13)50-82(15)52-84(17)54-86(19)56-88(21)58-90(23)60-92(25)62-94(27)64-96(29)66-98(31,32)33)37-69(2)39-71(4)41-73(6)43-75(8)45-77(10)47-79(12)49-81(14)51-83(16)53-85(18)55-87(20)57-89(22)59-91(24)61-93(26)63-95(28)65-97(30)67-99(34,35)36/h68-97H,1-36H3. The summed E-state index contributed by atoms with van der Waals surface area (Å²) in [5, 5.41) is 0. The summed E-state index contributed by atoms with van der Waals surface area (Å²) in [6.07, 6.45) is 0. The Labute approximate surface area is 652 Å². The number of hydrogen-bond acceptors (Lipinski definition) is 31. The highest BCUT2D eigenvalue weighted by Crippen LogP contribution is 2.15. The van der Waals surface area contributed by atoms with Crippen LogP contribution in [0.5, 0.6) is 0 Å². The van der Waals surface area contributed by atoms with Crippen molar-refractivity contribution in [2.24, 2.45) is 0 Å². The molecule has 0 saturated heterocycles. The van der Waals surface area contributed by atoms with Crippen LogP contribution in [0.15, 0.2) is 0 Å². The molecule has 0 aliphatic rings. The fourth-order valence-electron chi connectivity index (χ4n) is 9.78. The Morgan fingerprint density at radius 3 is 0.202 bits per heavy atom. The van der Waals surface area contributed by atoms with E-state index < -0.39 is 295 Å². The fraction of sp³-hybridized carbons (Fsp3) is 1.00. The van der Waals surface area contributed by atoms with Gasteiger partial charge in [0.1, 0.15) is 0 Å². The first-order valence-electron chi connectivity index (χ1n) is 34.9. The average Bonchev–Trinajstić information content (AvgIpc) is 0.981. The molecule has 63 heteroatoms. The summed E-state index contributed by atoms with van der Waals surface area (Å²) in [5.41, 5.74) is 0. The SMILES string of the molecule is C[SiH](O[SiH](C)O[SiH](C)O[SiH](C)O[SiH](C)O[SiH](C)O[SiH](C)O[SiH](C)O[SiH](C)O[SiH](C)O[SiH](C)O[SiH](C)O[SiH](C)O[SiH](C)O[SiH](C)O[SiH](C)O[Si](C)(C)C)O[SiH](C)O[SiH](C)O[SiH](C)O[SiH](C)O[SiH](C)O[SiH](C)O[SiH](C)O[SiH](C)O[SiH](C)O[SiH](C)O[SiH](C)O[SiH](C)O[SiH](C)O[SiH](C)O[Si](C)(C)C. The van der Waals surface area contributed by atoms with Gasteiger partial charge in [0.05, 0.1) is 0 Å². The normalized spacial score (nSPS) is 22.2. The first-order valence-corrected chi connectivity index (χ1v) is 105. The molecule has 99 heavy (non-hydrogen) atoms. The van der Waals surface area contributed by atoms with E-state index in [0.717, 1.165) is 0 Å². The van der Waals surface area contributed by atoms with Crippen LogP contribution in [0.4, 0.5) is 0 Å². The molecule has 30 atom stereocenters. The Bertz CT molecular complexity index is 1880. The number of hydrogen-bond donors (Lipinski definition) is 0. The van der Waals surface area contributed by atoms with Crippen molar-refractivity contribution in [2.75, 3.05) is 0 Å². The molecule has 0 aliphatic heterocycles. The Hall–Kier alpha value is 5.70. The van der Waals surface area contributed by atoms with Crippen molar-refractivity contribution in [3.8, 4) is 0 Å². The van der Waals surface area contributed by atoms with E-state index in [2.05, 4.69) is 52.4 Å². The molecule has 31 nitrogen and oxygen atoms in total. The van der Waals surface area contributed by atoms with E-state index in [1.807, 2.05) is 183 Å². The summed E-state index contributed by atoms with van der Waals surface area (Å²) < 4.78 is 194. The molecule has 0 spiro atoms. The lowest BCUT2D eigenvalue weighted by Crippen LogP contribution is -2.44. The van der Waals surface area contributed by atoms with Gasteiger partial charge >= 0.3 is 0 Å². The molecule has 30 unspecified atom stereocenters. The van der Waals surface area contributed by atoms with Gasteiger partial charge in [-0.1, -0.05) is 0 Å². The smallest absolute Gasteiger partial charge is 0.300 e. The Kier molecular flexibility index (Phi) is 60.1. The van der Waals surface area contributed by atoms with Gasteiger partial charge in [0.2, 0.25) is 0 Å². The Balaban J connectivity index is 4.53. The van der Waals surface area contributed by atoms with Crippen LogP contribution in [0.3, 0.4) is 0 Å². The van der Waals surface area contributed by atoms with Gasteiger partial charge in [-0.2, -0.15) is 0 Å². The van der Waals surface area contributed by atoms with Crippen molar-refractivity contribution in [2.45, 2.75) is 236 Å². The van der Waals surface area contributed by atoms with Crippen LogP contribution in [0.1, 0.15) is 0 Å². The third-order valence-corrected chi connectivity index (χ3v) is 109. The molecule has 0 amide bonds. The maximum atomic E-state index is 6.32. The van der Waals surface area contributed by atoms with Gasteiger partial charge in [-0.05, 0) is 236 Å². The van der Waals surface area contributed by atoms with E-state index in [-0.39, 0.29) is 0 Å². The van der Waals surface area contributed by atoms with E-state index in [9.17, 15) is 0 Å². The van der Waals surface area contributed by atoms with Gasteiger partial charge in [-0.3, -0.25) is 0 Å². The van der Waals surface area contributed by atoms with Crippen molar-refractivity contribution in [3.05, 3.63) is 0 Å². The summed E-state index contributed by atoms with van der Waals surface area (Å²) in [6.45, 7) is 73.6. The summed E-state index contributed by atoms with van der Waals surface area (Å²) in [5.74, 6) is 0. The minimum Gasteiger partial charge on any atom is -0.439 e. The molecule has 0 aromatic carbocycles. The van der Waals surface area contributed by atoms with Crippen LogP contribution in [0.25, 0.3) is 0 Å². The monoisotopic (exact) mass is 1960 g/mol. The predicted molar refractivity (Wildman–Crippen MR) is 471 cm³/mol.